The molecule has 1 aromatic rings. The third-order valence-corrected chi connectivity index (χ3v) is 6.66. The lowest BCUT2D eigenvalue weighted by Gasteiger charge is -2.37. The van der Waals surface area contributed by atoms with Crippen LogP contribution in [0.4, 0.5) is 0 Å². The normalized spacial score (nSPS) is 24.1. The zero-order valence-corrected chi connectivity index (χ0v) is 17.9. The number of ether oxygens (including phenoxy) is 1. The number of nitrogens with zero attached hydrogens (tertiary/aromatic N) is 2. The highest BCUT2D eigenvalue weighted by atomic mass is 32.2. The summed E-state index contributed by atoms with van der Waals surface area (Å²) in [5, 5.41) is 19.0. The van der Waals surface area contributed by atoms with Crippen LogP contribution in [0.3, 0.4) is 0 Å². The third-order valence-electron chi connectivity index (χ3n) is 4.64. The van der Waals surface area contributed by atoms with Gasteiger partial charge in [-0.1, -0.05) is 18.8 Å². The predicted molar refractivity (Wildman–Crippen MR) is 108 cm³/mol. The molecule has 4 atom stereocenters. The number of hydrogen-bond acceptors (Lipinski definition) is 6. The van der Waals surface area contributed by atoms with E-state index < -0.39 is 22.2 Å². The van der Waals surface area contributed by atoms with Gasteiger partial charge in [-0.2, -0.15) is 4.31 Å². The average Bonchev–Trinajstić information content (AvgIpc) is 2.61. The van der Waals surface area contributed by atoms with Gasteiger partial charge < -0.3 is 19.8 Å². The summed E-state index contributed by atoms with van der Waals surface area (Å²) in [6, 6.07) is 4.14. The summed E-state index contributed by atoms with van der Waals surface area (Å²) in [5.74, 6) is 5.64. The van der Waals surface area contributed by atoms with E-state index in [1.807, 2.05) is 25.9 Å². The number of fused-ring (bicyclic) bond motifs is 1. The van der Waals surface area contributed by atoms with E-state index in [0.29, 0.717) is 12.1 Å². The van der Waals surface area contributed by atoms with Crippen LogP contribution in [0.5, 0.6) is 5.75 Å². The number of aliphatic hydroxyl groups is 2. The summed E-state index contributed by atoms with van der Waals surface area (Å²) < 4.78 is 34.1. The first-order valence-electron chi connectivity index (χ1n) is 9.34. The number of hydrogen-bond donors (Lipinski definition) is 2. The molecule has 1 heterocycles. The maximum atomic E-state index is 13.3. The summed E-state index contributed by atoms with van der Waals surface area (Å²) in [6.07, 6.45) is -1.02. The van der Waals surface area contributed by atoms with E-state index in [1.54, 1.807) is 26.0 Å². The van der Waals surface area contributed by atoms with Crippen LogP contribution in [0.15, 0.2) is 23.1 Å². The van der Waals surface area contributed by atoms with Crippen LogP contribution in [0.2, 0.25) is 0 Å². The molecule has 0 aromatic heterocycles. The Kier molecular flexibility index (Phi) is 7.48. The first-order valence-corrected chi connectivity index (χ1v) is 10.8. The van der Waals surface area contributed by atoms with Crippen molar-refractivity contribution < 1.29 is 23.4 Å². The van der Waals surface area contributed by atoms with Gasteiger partial charge in [-0.25, -0.2) is 8.42 Å². The molecule has 8 heteroatoms. The van der Waals surface area contributed by atoms with E-state index in [-0.39, 0.29) is 35.8 Å². The minimum Gasteiger partial charge on any atom is -0.487 e. The molecule has 0 fully saturated rings. The van der Waals surface area contributed by atoms with Gasteiger partial charge in [-0.15, -0.1) is 0 Å². The van der Waals surface area contributed by atoms with Crippen LogP contribution in [0.1, 0.15) is 26.3 Å². The molecule has 1 aliphatic rings. The minimum atomic E-state index is -3.85. The van der Waals surface area contributed by atoms with Crippen LogP contribution >= 0.6 is 0 Å². The van der Waals surface area contributed by atoms with Gasteiger partial charge in [0.1, 0.15) is 22.9 Å². The molecular formula is C20H30N2O5S. The monoisotopic (exact) mass is 410 g/mol. The quantitative estimate of drug-likeness (QED) is 0.712. The smallest absolute Gasteiger partial charge is 0.247 e. The maximum Gasteiger partial charge on any atom is 0.247 e. The van der Waals surface area contributed by atoms with Gasteiger partial charge in [0.05, 0.1) is 6.61 Å². The lowest BCUT2D eigenvalue weighted by molar-refractivity contribution is 0.0812. The van der Waals surface area contributed by atoms with Crippen LogP contribution < -0.4 is 4.74 Å². The number of sulfonamides is 1. The fourth-order valence-electron chi connectivity index (χ4n) is 3.07. The topological polar surface area (TPSA) is 90.3 Å². The number of benzene rings is 1. The fourth-order valence-corrected chi connectivity index (χ4v) is 4.89. The SMILES string of the molecule is C[C@H](O)C#Cc1ccc2c(c1)O[C@@H](CN(C)C)[C@H](C)CN([C@H](C)CO)S2(=O)=O. The largest absolute Gasteiger partial charge is 0.487 e. The molecule has 7 nitrogen and oxygen atoms in total. The van der Waals surface area contributed by atoms with E-state index in [4.69, 9.17) is 4.74 Å². The zero-order valence-electron chi connectivity index (χ0n) is 17.1. The summed E-state index contributed by atoms with van der Waals surface area (Å²) >= 11 is 0. The van der Waals surface area contributed by atoms with E-state index >= 15 is 0 Å². The summed E-state index contributed by atoms with van der Waals surface area (Å²) in [6.45, 7) is 5.80. The highest BCUT2D eigenvalue weighted by Crippen LogP contribution is 2.34. The van der Waals surface area contributed by atoms with Gasteiger partial charge in [0.25, 0.3) is 0 Å². The highest BCUT2D eigenvalue weighted by Gasteiger charge is 2.37. The first-order chi connectivity index (χ1) is 13.1. The van der Waals surface area contributed by atoms with Crippen molar-refractivity contribution in [3.63, 3.8) is 0 Å². The van der Waals surface area contributed by atoms with Crippen LogP contribution in [-0.2, 0) is 10.0 Å². The molecule has 1 aromatic carbocycles. The maximum absolute atomic E-state index is 13.3. The van der Waals surface area contributed by atoms with Gasteiger partial charge in [0.15, 0.2) is 0 Å². The number of rotatable bonds is 4. The Morgan fingerprint density at radius 3 is 2.61 bits per heavy atom. The molecule has 0 bridgehead atoms. The van der Waals surface area contributed by atoms with E-state index in [9.17, 15) is 18.6 Å². The molecule has 2 N–H and O–H groups in total. The molecule has 1 aliphatic heterocycles. The van der Waals surface area contributed by atoms with Crippen molar-refractivity contribution >= 4 is 10.0 Å². The molecule has 0 saturated carbocycles. The molecule has 0 aliphatic carbocycles. The van der Waals surface area contributed by atoms with E-state index in [2.05, 4.69) is 11.8 Å². The predicted octanol–water partition coefficient (Wildman–Crippen LogP) is 0.749. The summed E-state index contributed by atoms with van der Waals surface area (Å²) in [7, 11) is 0.0217. The molecule has 0 amide bonds. The van der Waals surface area contributed by atoms with Crippen LogP contribution in [0, 0.1) is 17.8 Å². The molecule has 156 valence electrons. The minimum absolute atomic E-state index is 0.0612. The second-order valence-electron chi connectivity index (χ2n) is 7.61. The van der Waals surface area contributed by atoms with Crippen molar-refractivity contribution in [3.8, 4) is 17.6 Å². The molecule has 0 unspecified atom stereocenters. The van der Waals surface area contributed by atoms with Gasteiger partial charge in [-0.3, -0.25) is 0 Å². The second kappa shape index (κ2) is 9.25. The Hall–Kier alpha value is -1.63. The Bertz CT molecular complexity index is 842. The number of likely N-dealkylation sites (N-methyl/N-ethyl adjacent to an activating group) is 1. The zero-order chi connectivity index (χ0) is 21.1. The second-order valence-corrected chi connectivity index (χ2v) is 9.47. The van der Waals surface area contributed by atoms with Gasteiger partial charge in [0.2, 0.25) is 10.0 Å². The van der Waals surface area contributed by atoms with Gasteiger partial charge >= 0.3 is 0 Å². The highest BCUT2D eigenvalue weighted by molar-refractivity contribution is 7.89. The summed E-state index contributed by atoms with van der Waals surface area (Å²) in [5.41, 5.74) is 0.563. The Morgan fingerprint density at radius 1 is 1.36 bits per heavy atom. The van der Waals surface area contributed by atoms with Crippen molar-refractivity contribution in [1.82, 2.24) is 9.21 Å². The Labute approximate surface area is 168 Å². The molecule has 0 spiro atoms. The number of aliphatic hydroxyl groups excluding tert-OH is 2. The Morgan fingerprint density at radius 2 is 2.04 bits per heavy atom. The van der Waals surface area contributed by atoms with Gasteiger partial charge in [-0.05, 0) is 46.1 Å². The standard InChI is InChI=1S/C20H30N2O5S/c1-14-11-22(15(2)13-23)28(25,26)20-9-8-17(7-6-16(3)24)10-18(20)27-19(14)12-21(4)5/h8-10,14-16,19,23-24H,11-13H2,1-5H3/t14-,15-,16+,19+/m1/s1. The van der Waals surface area contributed by atoms with Crippen molar-refractivity contribution in [2.75, 3.05) is 33.8 Å². The lowest BCUT2D eigenvalue weighted by atomic mass is 10.0. The van der Waals surface area contributed by atoms with Crippen LogP contribution in [-0.4, -0.2) is 79.9 Å². The van der Waals surface area contributed by atoms with E-state index in [1.165, 1.54) is 10.4 Å². The van der Waals surface area contributed by atoms with Crippen molar-refractivity contribution in [3.05, 3.63) is 23.8 Å². The molecule has 2 rings (SSSR count). The average molecular weight is 411 g/mol. The van der Waals surface area contributed by atoms with Gasteiger partial charge in [0, 0.05) is 30.6 Å². The first kappa shape index (κ1) is 22.7. The summed E-state index contributed by atoms with van der Waals surface area (Å²) in [4.78, 5) is 2.06. The molecular weight excluding hydrogens is 380 g/mol. The fraction of sp³-hybridized carbons (Fsp3) is 0.600. The van der Waals surface area contributed by atoms with Crippen molar-refractivity contribution in [1.29, 1.82) is 0 Å². The van der Waals surface area contributed by atoms with Crippen molar-refractivity contribution in [2.45, 2.75) is 43.9 Å². The van der Waals surface area contributed by atoms with E-state index in [0.717, 1.165) is 0 Å². The third kappa shape index (κ3) is 5.25. The lowest BCUT2D eigenvalue weighted by Crippen LogP contribution is -2.49. The molecule has 0 saturated heterocycles. The molecule has 0 radical (unpaired) electrons. The van der Waals surface area contributed by atoms with Crippen molar-refractivity contribution in [2.24, 2.45) is 5.92 Å². The Balaban J connectivity index is 2.61. The van der Waals surface area contributed by atoms with Crippen LogP contribution in [0.25, 0.3) is 0 Å². The molecule has 28 heavy (non-hydrogen) atoms.